The number of carbonyl (C=O) groups excluding carboxylic acids is 1. The molecule has 0 spiro atoms. The number of likely N-dealkylation sites (N-methyl/N-ethyl adjacent to an activating group) is 1. The Morgan fingerprint density at radius 1 is 1.19 bits per heavy atom. The van der Waals surface area contributed by atoms with Gasteiger partial charge in [0.15, 0.2) is 0 Å². The van der Waals surface area contributed by atoms with Gasteiger partial charge in [0.05, 0.1) is 6.54 Å². The quantitative estimate of drug-likeness (QED) is 0.892. The Kier molecular flexibility index (Phi) is 5.53. The molecule has 1 amide bonds. The van der Waals surface area contributed by atoms with Crippen LogP contribution in [0.4, 0.5) is 5.69 Å². The molecule has 0 unspecified atom stereocenters. The Morgan fingerprint density at radius 3 is 2.67 bits per heavy atom. The lowest BCUT2D eigenvalue weighted by Crippen LogP contribution is -2.30. The summed E-state index contributed by atoms with van der Waals surface area (Å²) in [5, 5.41) is 2.90. The van der Waals surface area contributed by atoms with E-state index in [-0.39, 0.29) is 5.91 Å². The number of aryl methyl sites for hydroxylation is 1. The van der Waals surface area contributed by atoms with E-state index in [0.717, 1.165) is 16.7 Å². The summed E-state index contributed by atoms with van der Waals surface area (Å²) in [6, 6.07) is 15.8. The maximum absolute atomic E-state index is 12.0. The second-order valence-corrected chi connectivity index (χ2v) is 6.07. The Bertz CT molecular complexity index is 628. The largest absolute Gasteiger partial charge is 0.325 e. The van der Waals surface area contributed by atoms with Gasteiger partial charge in [0.2, 0.25) is 5.91 Å². The minimum atomic E-state index is -0.0100. The van der Waals surface area contributed by atoms with Gasteiger partial charge in [0, 0.05) is 16.7 Å². The van der Waals surface area contributed by atoms with Gasteiger partial charge in [-0.1, -0.05) is 46.3 Å². The molecule has 0 saturated heterocycles. The van der Waals surface area contributed by atoms with Crippen LogP contribution in [0.1, 0.15) is 11.1 Å². The van der Waals surface area contributed by atoms with Crippen LogP contribution in [0.15, 0.2) is 53.0 Å². The first-order chi connectivity index (χ1) is 10.0. The average molecular weight is 347 g/mol. The molecule has 0 aliphatic rings. The number of anilines is 1. The Labute approximate surface area is 134 Å². The summed E-state index contributed by atoms with van der Waals surface area (Å²) in [6.45, 7) is 3.21. The molecule has 0 bridgehead atoms. The van der Waals surface area contributed by atoms with Crippen molar-refractivity contribution >= 4 is 27.5 Å². The van der Waals surface area contributed by atoms with Crippen LogP contribution >= 0.6 is 15.9 Å². The lowest BCUT2D eigenvalue weighted by molar-refractivity contribution is -0.117. The predicted molar refractivity (Wildman–Crippen MR) is 90.3 cm³/mol. The monoisotopic (exact) mass is 346 g/mol. The molecule has 0 aromatic heterocycles. The first-order valence-electron chi connectivity index (χ1n) is 6.83. The normalized spacial score (nSPS) is 10.7. The number of halogens is 1. The molecule has 0 atom stereocenters. The zero-order valence-electron chi connectivity index (χ0n) is 12.3. The maximum atomic E-state index is 12.0. The Hall–Kier alpha value is -1.65. The van der Waals surface area contributed by atoms with E-state index < -0.39 is 0 Å². The highest BCUT2D eigenvalue weighted by molar-refractivity contribution is 9.10. The van der Waals surface area contributed by atoms with Crippen LogP contribution in [0.2, 0.25) is 0 Å². The number of rotatable bonds is 5. The van der Waals surface area contributed by atoms with Gasteiger partial charge in [0.1, 0.15) is 0 Å². The Balaban J connectivity index is 1.89. The van der Waals surface area contributed by atoms with E-state index in [0.29, 0.717) is 6.54 Å². The van der Waals surface area contributed by atoms with Gasteiger partial charge in [-0.25, -0.2) is 0 Å². The molecule has 2 aromatic rings. The van der Waals surface area contributed by atoms with Crippen LogP contribution in [-0.2, 0) is 11.3 Å². The van der Waals surface area contributed by atoms with Crippen molar-refractivity contribution in [2.45, 2.75) is 13.5 Å². The van der Waals surface area contributed by atoms with Gasteiger partial charge in [0.25, 0.3) is 0 Å². The van der Waals surface area contributed by atoms with Crippen molar-refractivity contribution in [2.24, 2.45) is 0 Å². The van der Waals surface area contributed by atoms with Crippen LogP contribution in [0.25, 0.3) is 0 Å². The van der Waals surface area contributed by atoms with Crippen molar-refractivity contribution < 1.29 is 4.79 Å². The summed E-state index contributed by atoms with van der Waals surface area (Å²) in [6.07, 6.45) is 0. The number of hydrogen-bond donors (Lipinski definition) is 1. The molecule has 1 N–H and O–H groups in total. The molecule has 0 heterocycles. The van der Waals surface area contributed by atoms with Gasteiger partial charge in [-0.3, -0.25) is 9.69 Å². The second kappa shape index (κ2) is 7.38. The molecule has 0 aliphatic carbocycles. The van der Waals surface area contributed by atoms with E-state index in [1.54, 1.807) is 0 Å². The molecule has 0 saturated carbocycles. The molecular formula is C17H19BrN2O. The Morgan fingerprint density at radius 2 is 1.95 bits per heavy atom. The highest BCUT2D eigenvalue weighted by Gasteiger charge is 2.08. The zero-order chi connectivity index (χ0) is 15.2. The lowest BCUT2D eigenvalue weighted by Gasteiger charge is -2.17. The third-order valence-electron chi connectivity index (χ3n) is 3.22. The predicted octanol–water partition coefficient (Wildman–Crippen LogP) is 3.83. The van der Waals surface area contributed by atoms with Crippen molar-refractivity contribution in [2.75, 3.05) is 18.9 Å². The molecule has 0 fully saturated rings. The fourth-order valence-electron chi connectivity index (χ4n) is 2.15. The molecule has 21 heavy (non-hydrogen) atoms. The fraction of sp³-hybridized carbons (Fsp3) is 0.235. The number of carbonyl (C=O) groups is 1. The highest BCUT2D eigenvalue weighted by Crippen LogP contribution is 2.15. The van der Waals surface area contributed by atoms with E-state index in [1.807, 2.05) is 48.3 Å². The topological polar surface area (TPSA) is 32.3 Å². The number of nitrogens with one attached hydrogen (secondary N) is 1. The SMILES string of the molecule is Cc1ccccc1CN(C)CC(=O)Nc1cccc(Br)c1. The molecule has 4 heteroatoms. The fourth-order valence-corrected chi connectivity index (χ4v) is 2.55. The average Bonchev–Trinajstić information content (AvgIpc) is 2.41. The van der Waals surface area contributed by atoms with Crippen molar-refractivity contribution in [3.05, 3.63) is 64.1 Å². The van der Waals surface area contributed by atoms with Gasteiger partial charge in [-0.15, -0.1) is 0 Å². The second-order valence-electron chi connectivity index (χ2n) is 5.16. The van der Waals surface area contributed by atoms with Crippen LogP contribution in [0.3, 0.4) is 0 Å². The van der Waals surface area contributed by atoms with Crippen molar-refractivity contribution in [1.82, 2.24) is 4.90 Å². The highest BCUT2D eigenvalue weighted by atomic mass is 79.9. The van der Waals surface area contributed by atoms with E-state index in [4.69, 9.17) is 0 Å². The van der Waals surface area contributed by atoms with E-state index in [2.05, 4.69) is 40.3 Å². The smallest absolute Gasteiger partial charge is 0.238 e. The summed E-state index contributed by atoms with van der Waals surface area (Å²) in [7, 11) is 1.95. The molecule has 2 rings (SSSR count). The third-order valence-corrected chi connectivity index (χ3v) is 3.72. The third kappa shape index (κ3) is 4.99. The maximum Gasteiger partial charge on any atom is 0.238 e. The van der Waals surface area contributed by atoms with Crippen LogP contribution in [0.5, 0.6) is 0 Å². The lowest BCUT2D eigenvalue weighted by atomic mass is 10.1. The first kappa shape index (κ1) is 15.7. The molecule has 2 aromatic carbocycles. The van der Waals surface area contributed by atoms with E-state index >= 15 is 0 Å². The van der Waals surface area contributed by atoms with Gasteiger partial charge < -0.3 is 5.32 Å². The van der Waals surface area contributed by atoms with E-state index in [1.165, 1.54) is 11.1 Å². The van der Waals surface area contributed by atoms with Crippen LogP contribution < -0.4 is 5.32 Å². The summed E-state index contributed by atoms with van der Waals surface area (Å²) < 4.78 is 0.952. The van der Waals surface area contributed by atoms with Crippen molar-refractivity contribution in [3.63, 3.8) is 0 Å². The number of amides is 1. The van der Waals surface area contributed by atoms with Gasteiger partial charge in [-0.05, 0) is 43.3 Å². The number of benzene rings is 2. The summed E-state index contributed by atoms with van der Waals surface area (Å²) >= 11 is 3.39. The molecule has 0 aliphatic heterocycles. The van der Waals surface area contributed by atoms with Crippen molar-refractivity contribution in [1.29, 1.82) is 0 Å². The minimum Gasteiger partial charge on any atom is -0.325 e. The van der Waals surface area contributed by atoms with Crippen molar-refractivity contribution in [3.8, 4) is 0 Å². The minimum absolute atomic E-state index is 0.0100. The van der Waals surface area contributed by atoms with Gasteiger partial charge in [-0.2, -0.15) is 0 Å². The standard InChI is InChI=1S/C17H19BrN2O/c1-13-6-3-4-7-14(13)11-20(2)12-17(21)19-16-9-5-8-15(18)10-16/h3-10H,11-12H2,1-2H3,(H,19,21). The zero-order valence-corrected chi connectivity index (χ0v) is 13.9. The van der Waals surface area contributed by atoms with Crippen LogP contribution in [-0.4, -0.2) is 24.4 Å². The first-order valence-corrected chi connectivity index (χ1v) is 7.62. The molecule has 110 valence electrons. The summed E-state index contributed by atoms with van der Waals surface area (Å²) in [4.78, 5) is 14.1. The van der Waals surface area contributed by atoms with E-state index in [9.17, 15) is 4.79 Å². The van der Waals surface area contributed by atoms with Gasteiger partial charge >= 0.3 is 0 Å². The molecule has 3 nitrogen and oxygen atoms in total. The molecular weight excluding hydrogens is 328 g/mol. The summed E-state index contributed by atoms with van der Waals surface area (Å²) in [5.41, 5.74) is 3.30. The number of hydrogen-bond acceptors (Lipinski definition) is 2. The molecule has 0 radical (unpaired) electrons. The summed E-state index contributed by atoms with van der Waals surface area (Å²) in [5.74, 6) is -0.0100. The number of nitrogens with zero attached hydrogens (tertiary/aromatic N) is 1. The van der Waals surface area contributed by atoms with Crippen LogP contribution in [0, 0.1) is 6.92 Å².